The molecular weight excluding hydrogens is 184 g/mol. The van der Waals surface area contributed by atoms with Crippen molar-refractivity contribution in [2.75, 3.05) is 6.26 Å². The average molecular weight is 190 g/mol. The van der Waals surface area contributed by atoms with Gasteiger partial charge in [-0.15, -0.1) is 0 Å². The Kier molecular flexibility index (Phi) is 2.20. The summed E-state index contributed by atoms with van der Waals surface area (Å²) in [5.41, 5.74) is 0. The number of hydrogen-bond donors (Lipinski definition) is 0. The van der Waals surface area contributed by atoms with Gasteiger partial charge in [-0.25, -0.2) is 8.42 Å². The second kappa shape index (κ2) is 2.83. The SMILES string of the molecule is CS(=O)(=O)c1c[c]cc(Cl)c1. The van der Waals surface area contributed by atoms with Crippen LogP contribution in [0, 0.1) is 6.07 Å². The zero-order valence-electron chi connectivity index (χ0n) is 5.83. The van der Waals surface area contributed by atoms with Crippen LogP contribution in [0.15, 0.2) is 23.1 Å². The molecule has 0 atom stereocenters. The van der Waals surface area contributed by atoms with E-state index in [0.29, 0.717) is 5.02 Å². The fourth-order valence-electron chi connectivity index (χ4n) is 0.637. The summed E-state index contributed by atoms with van der Waals surface area (Å²) in [6, 6.07) is 6.92. The Hall–Kier alpha value is -0.540. The third kappa shape index (κ3) is 2.20. The molecule has 0 aliphatic carbocycles. The second-order valence-electron chi connectivity index (χ2n) is 2.16. The van der Waals surface area contributed by atoms with E-state index in [1.807, 2.05) is 0 Å². The third-order valence-corrected chi connectivity index (χ3v) is 2.47. The molecule has 0 heterocycles. The Morgan fingerprint density at radius 2 is 2.09 bits per heavy atom. The Labute approximate surface area is 70.7 Å². The van der Waals surface area contributed by atoms with E-state index in [4.69, 9.17) is 11.6 Å². The molecule has 11 heavy (non-hydrogen) atoms. The van der Waals surface area contributed by atoms with E-state index < -0.39 is 9.84 Å². The molecule has 1 rings (SSSR count). The fourth-order valence-corrected chi connectivity index (χ4v) is 1.51. The molecule has 1 aromatic rings. The fraction of sp³-hybridized carbons (Fsp3) is 0.143. The van der Waals surface area contributed by atoms with Crippen molar-refractivity contribution in [3.8, 4) is 0 Å². The summed E-state index contributed by atoms with van der Waals surface area (Å²) in [7, 11) is -3.14. The van der Waals surface area contributed by atoms with E-state index in [1.54, 1.807) is 0 Å². The van der Waals surface area contributed by atoms with Crippen LogP contribution in [0.3, 0.4) is 0 Å². The normalized spacial score (nSPS) is 11.5. The molecule has 1 aromatic carbocycles. The quantitative estimate of drug-likeness (QED) is 0.672. The predicted molar refractivity (Wildman–Crippen MR) is 43.4 cm³/mol. The molecular formula is C7H6ClO2S. The minimum Gasteiger partial charge on any atom is -0.224 e. The summed E-state index contributed by atoms with van der Waals surface area (Å²) < 4.78 is 21.8. The maximum Gasteiger partial charge on any atom is 0.175 e. The highest BCUT2D eigenvalue weighted by atomic mass is 35.5. The molecule has 0 spiro atoms. The van der Waals surface area contributed by atoms with Gasteiger partial charge in [0.15, 0.2) is 9.84 Å². The highest BCUT2D eigenvalue weighted by molar-refractivity contribution is 7.90. The van der Waals surface area contributed by atoms with Gasteiger partial charge >= 0.3 is 0 Å². The molecule has 0 unspecified atom stereocenters. The first kappa shape index (κ1) is 8.56. The first-order chi connectivity index (χ1) is 5.00. The van der Waals surface area contributed by atoms with E-state index >= 15 is 0 Å². The molecule has 59 valence electrons. The standard InChI is InChI=1S/C7H6ClO2S/c1-11(9,10)7-4-2-3-6(8)5-7/h3-5H,1H3. The second-order valence-corrected chi connectivity index (χ2v) is 4.61. The minimum atomic E-state index is -3.14. The van der Waals surface area contributed by atoms with Gasteiger partial charge in [0.1, 0.15) is 0 Å². The van der Waals surface area contributed by atoms with Crippen LogP contribution in [0.5, 0.6) is 0 Å². The minimum absolute atomic E-state index is 0.199. The first-order valence-corrected chi connectivity index (χ1v) is 5.14. The maximum absolute atomic E-state index is 10.9. The van der Waals surface area contributed by atoms with Gasteiger partial charge < -0.3 is 0 Å². The monoisotopic (exact) mass is 189 g/mol. The summed E-state index contributed by atoms with van der Waals surface area (Å²) in [5, 5.41) is 0.382. The van der Waals surface area contributed by atoms with Crippen molar-refractivity contribution in [2.45, 2.75) is 4.90 Å². The lowest BCUT2D eigenvalue weighted by Gasteiger charge is -1.96. The molecule has 0 aliphatic rings. The van der Waals surface area contributed by atoms with Gasteiger partial charge in [-0.3, -0.25) is 0 Å². The van der Waals surface area contributed by atoms with Gasteiger partial charge in [-0.05, 0) is 24.3 Å². The largest absolute Gasteiger partial charge is 0.224 e. The zero-order chi connectivity index (χ0) is 8.48. The van der Waals surface area contributed by atoms with Gasteiger partial charge in [0.2, 0.25) is 0 Å². The molecule has 2 nitrogen and oxygen atoms in total. The summed E-state index contributed by atoms with van der Waals surface area (Å²) >= 11 is 5.56. The van der Waals surface area contributed by atoms with Crippen molar-refractivity contribution in [3.05, 3.63) is 29.3 Å². The van der Waals surface area contributed by atoms with Crippen LogP contribution in [0.2, 0.25) is 5.02 Å². The summed E-state index contributed by atoms with van der Waals surface area (Å²) in [6.45, 7) is 0. The van der Waals surface area contributed by atoms with Gasteiger partial charge in [-0.1, -0.05) is 11.6 Å². The van der Waals surface area contributed by atoms with Crippen molar-refractivity contribution in [3.63, 3.8) is 0 Å². The van der Waals surface area contributed by atoms with E-state index in [0.717, 1.165) is 6.26 Å². The average Bonchev–Trinajstić information content (AvgIpc) is 1.86. The third-order valence-electron chi connectivity index (χ3n) is 1.16. The Morgan fingerprint density at radius 1 is 1.45 bits per heavy atom. The van der Waals surface area contributed by atoms with Crippen LogP contribution in [-0.4, -0.2) is 14.7 Å². The molecule has 0 aromatic heterocycles. The number of rotatable bonds is 1. The lowest BCUT2D eigenvalue weighted by atomic mass is 10.4. The van der Waals surface area contributed by atoms with E-state index in [2.05, 4.69) is 6.07 Å². The van der Waals surface area contributed by atoms with Crippen LogP contribution < -0.4 is 0 Å². The number of benzene rings is 1. The number of halogens is 1. The van der Waals surface area contributed by atoms with Crippen molar-refractivity contribution in [2.24, 2.45) is 0 Å². The Morgan fingerprint density at radius 3 is 2.45 bits per heavy atom. The predicted octanol–water partition coefficient (Wildman–Crippen LogP) is 1.54. The van der Waals surface area contributed by atoms with Crippen LogP contribution in [0.1, 0.15) is 0 Å². The van der Waals surface area contributed by atoms with Crippen LogP contribution in [0.4, 0.5) is 0 Å². The van der Waals surface area contributed by atoms with Gasteiger partial charge in [-0.2, -0.15) is 0 Å². The topological polar surface area (TPSA) is 34.1 Å². The maximum atomic E-state index is 10.9. The van der Waals surface area contributed by atoms with Crippen molar-refractivity contribution in [1.82, 2.24) is 0 Å². The number of sulfone groups is 1. The molecule has 0 bridgehead atoms. The van der Waals surface area contributed by atoms with Crippen LogP contribution >= 0.6 is 11.6 Å². The van der Waals surface area contributed by atoms with Crippen LogP contribution in [-0.2, 0) is 9.84 Å². The molecule has 4 heteroatoms. The van der Waals surface area contributed by atoms with Gasteiger partial charge in [0.25, 0.3) is 0 Å². The number of hydrogen-bond acceptors (Lipinski definition) is 2. The molecule has 0 saturated heterocycles. The first-order valence-electron chi connectivity index (χ1n) is 2.87. The summed E-state index contributed by atoms with van der Waals surface area (Å²) in [5.74, 6) is 0. The lowest BCUT2D eigenvalue weighted by Crippen LogP contribution is -1.95. The van der Waals surface area contributed by atoms with Gasteiger partial charge in [0.05, 0.1) is 4.90 Å². The lowest BCUT2D eigenvalue weighted by molar-refractivity contribution is 0.602. The smallest absolute Gasteiger partial charge is 0.175 e. The molecule has 0 amide bonds. The van der Waals surface area contributed by atoms with E-state index in [-0.39, 0.29) is 4.90 Å². The highest BCUT2D eigenvalue weighted by Gasteiger charge is 2.05. The summed E-state index contributed by atoms with van der Waals surface area (Å²) in [4.78, 5) is 0.199. The molecule has 0 fully saturated rings. The Balaban J connectivity index is 3.28. The Bertz CT molecular complexity index is 356. The van der Waals surface area contributed by atoms with Crippen molar-refractivity contribution >= 4 is 21.4 Å². The molecule has 0 aliphatic heterocycles. The van der Waals surface area contributed by atoms with E-state index in [1.165, 1.54) is 18.2 Å². The highest BCUT2D eigenvalue weighted by Crippen LogP contribution is 2.14. The molecule has 0 saturated carbocycles. The van der Waals surface area contributed by atoms with Crippen LogP contribution in [0.25, 0.3) is 0 Å². The van der Waals surface area contributed by atoms with Crippen molar-refractivity contribution < 1.29 is 8.42 Å². The van der Waals surface area contributed by atoms with Gasteiger partial charge in [0, 0.05) is 11.3 Å². The zero-order valence-corrected chi connectivity index (χ0v) is 7.41. The molecule has 1 radical (unpaired) electrons. The van der Waals surface area contributed by atoms with Crippen molar-refractivity contribution in [1.29, 1.82) is 0 Å². The summed E-state index contributed by atoms with van der Waals surface area (Å²) in [6.07, 6.45) is 1.13. The molecule has 0 N–H and O–H groups in total. The van der Waals surface area contributed by atoms with E-state index in [9.17, 15) is 8.42 Å².